The molecule has 6 rings (SSSR count). The van der Waals surface area contributed by atoms with Crippen molar-refractivity contribution in [2.45, 2.75) is 32.8 Å². The maximum absolute atomic E-state index is 13.0. The van der Waals surface area contributed by atoms with Crippen LogP contribution in [-0.2, 0) is 0 Å². The number of benzene rings is 2. The third kappa shape index (κ3) is 5.04. The molecule has 4 aromatic rings. The van der Waals surface area contributed by atoms with Gasteiger partial charge in [0.15, 0.2) is 0 Å². The van der Waals surface area contributed by atoms with Crippen LogP contribution < -0.4 is 15.8 Å². The van der Waals surface area contributed by atoms with Gasteiger partial charge >= 0.3 is 0 Å². The molecule has 2 aromatic heterocycles. The molecule has 4 heterocycles. The summed E-state index contributed by atoms with van der Waals surface area (Å²) in [5, 5.41) is 14.5. The van der Waals surface area contributed by atoms with Crippen molar-refractivity contribution >= 4 is 34.0 Å². The van der Waals surface area contributed by atoms with E-state index in [1.165, 1.54) is 31.6 Å². The van der Waals surface area contributed by atoms with Gasteiger partial charge in [0.1, 0.15) is 11.4 Å². The van der Waals surface area contributed by atoms with Gasteiger partial charge in [-0.3, -0.25) is 4.79 Å². The summed E-state index contributed by atoms with van der Waals surface area (Å²) in [5.41, 5.74) is 5.90. The van der Waals surface area contributed by atoms with Crippen molar-refractivity contribution in [2.75, 3.05) is 49.5 Å². The fourth-order valence-electron chi connectivity index (χ4n) is 6.26. The van der Waals surface area contributed by atoms with Crippen LogP contribution in [-0.4, -0.2) is 64.2 Å². The predicted octanol–water partition coefficient (Wildman–Crippen LogP) is 4.95. The van der Waals surface area contributed by atoms with E-state index in [0.717, 1.165) is 36.2 Å². The van der Waals surface area contributed by atoms with E-state index in [2.05, 4.69) is 51.1 Å². The van der Waals surface area contributed by atoms with Gasteiger partial charge in [0.05, 0.1) is 22.8 Å². The van der Waals surface area contributed by atoms with E-state index >= 15 is 0 Å². The van der Waals surface area contributed by atoms with Crippen LogP contribution in [0.3, 0.4) is 0 Å². The van der Waals surface area contributed by atoms with Crippen molar-refractivity contribution in [1.29, 1.82) is 0 Å². The highest BCUT2D eigenvalue weighted by Gasteiger charge is 2.43. The molecule has 39 heavy (non-hydrogen) atoms. The Kier molecular flexibility index (Phi) is 6.87. The van der Waals surface area contributed by atoms with Crippen LogP contribution in [0.1, 0.15) is 37.0 Å². The van der Waals surface area contributed by atoms with Gasteiger partial charge in [0, 0.05) is 48.5 Å². The van der Waals surface area contributed by atoms with Gasteiger partial charge in [0.25, 0.3) is 5.56 Å². The Balaban J connectivity index is 1.26. The summed E-state index contributed by atoms with van der Waals surface area (Å²) in [4.78, 5) is 29.1. The first-order chi connectivity index (χ1) is 18.8. The van der Waals surface area contributed by atoms with Crippen molar-refractivity contribution in [3.05, 3.63) is 75.2 Å². The van der Waals surface area contributed by atoms with E-state index < -0.39 is 6.10 Å². The summed E-state index contributed by atoms with van der Waals surface area (Å²) < 4.78 is 0. The van der Waals surface area contributed by atoms with Crippen LogP contribution in [0.4, 0.5) is 11.4 Å². The minimum absolute atomic E-state index is 0.215. The van der Waals surface area contributed by atoms with Gasteiger partial charge in [0.2, 0.25) is 0 Å². The Hall–Kier alpha value is -3.33. The van der Waals surface area contributed by atoms with E-state index in [9.17, 15) is 9.90 Å². The van der Waals surface area contributed by atoms with Gasteiger partial charge in [-0.25, -0.2) is 4.98 Å². The van der Waals surface area contributed by atoms with Crippen LogP contribution in [0, 0.1) is 12.3 Å². The van der Waals surface area contributed by atoms with Crippen molar-refractivity contribution in [2.24, 2.45) is 5.41 Å². The largest absolute Gasteiger partial charge is 0.387 e. The Morgan fingerprint density at radius 2 is 2.03 bits per heavy atom. The number of fused-ring (bicyclic) bond motifs is 1. The van der Waals surface area contributed by atoms with Crippen LogP contribution in [0.5, 0.6) is 0 Å². The standard InChI is InChI=1S/C30H35ClN6O2/c1-3-36-11-8-30(17-36)9-12-37(18-30)22-13-19(2)27-24(15-22)34-28(35-27)26-23(7-10-32-29(26)39)33-16-25(38)20-5-4-6-21(31)14-20/h4-7,10,13-15,25,38H,3,8-9,11-12,16-18H2,1-2H3,(H,34,35)(H2,32,33,39)/t25-,30?/m1/s1. The van der Waals surface area contributed by atoms with Crippen LogP contribution in [0.2, 0.25) is 5.02 Å². The molecule has 0 bridgehead atoms. The number of aryl methyl sites for hydroxylation is 1. The highest BCUT2D eigenvalue weighted by molar-refractivity contribution is 6.30. The molecule has 2 aliphatic heterocycles. The molecule has 0 saturated carbocycles. The van der Waals surface area contributed by atoms with Gasteiger partial charge < -0.3 is 30.2 Å². The third-order valence-electron chi connectivity index (χ3n) is 8.45. The summed E-state index contributed by atoms with van der Waals surface area (Å²) >= 11 is 6.09. The van der Waals surface area contributed by atoms with Gasteiger partial charge in [-0.1, -0.05) is 30.7 Å². The Bertz CT molecular complexity index is 1560. The van der Waals surface area contributed by atoms with Crippen LogP contribution >= 0.6 is 11.6 Å². The SMILES string of the molecule is CCN1CCC2(CCN(c3cc(C)c4nc(-c5c(NC[C@@H](O)c6cccc(Cl)c6)cc[nH]c5=O)[nH]c4c3)C2)C1. The molecule has 0 amide bonds. The molecule has 9 heteroatoms. The molecule has 4 N–H and O–H groups in total. The fourth-order valence-corrected chi connectivity index (χ4v) is 6.46. The molecule has 1 spiro atoms. The second kappa shape index (κ2) is 10.3. The zero-order valence-corrected chi connectivity index (χ0v) is 23.2. The quantitative estimate of drug-likeness (QED) is 0.262. The Labute approximate surface area is 233 Å². The van der Waals surface area contributed by atoms with E-state index in [1.54, 1.807) is 30.5 Å². The van der Waals surface area contributed by atoms with E-state index in [4.69, 9.17) is 16.6 Å². The molecule has 1 unspecified atom stereocenters. The van der Waals surface area contributed by atoms with Gasteiger partial charge in [-0.2, -0.15) is 0 Å². The molecule has 8 nitrogen and oxygen atoms in total. The number of nitrogens with one attached hydrogen (secondary N) is 3. The summed E-state index contributed by atoms with van der Waals surface area (Å²) in [6.07, 6.45) is 3.30. The van der Waals surface area contributed by atoms with Crippen molar-refractivity contribution in [1.82, 2.24) is 19.9 Å². The first-order valence-electron chi connectivity index (χ1n) is 13.7. The second-order valence-electron chi connectivity index (χ2n) is 11.1. The lowest BCUT2D eigenvalue weighted by Gasteiger charge is -2.25. The van der Waals surface area contributed by atoms with E-state index in [1.807, 2.05) is 6.07 Å². The maximum atomic E-state index is 13.0. The minimum Gasteiger partial charge on any atom is -0.387 e. The molecule has 0 aliphatic carbocycles. The number of halogens is 1. The number of aliphatic hydroxyl groups is 1. The Morgan fingerprint density at radius 3 is 2.82 bits per heavy atom. The zero-order chi connectivity index (χ0) is 27.1. The molecule has 2 aromatic carbocycles. The Morgan fingerprint density at radius 1 is 1.18 bits per heavy atom. The average molecular weight is 547 g/mol. The summed E-state index contributed by atoms with van der Waals surface area (Å²) in [6, 6.07) is 13.3. The molecular weight excluding hydrogens is 512 g/mol. The maximum Gasteiger partial charge on any atom is 0.261 e. The highest BCUT2D eigenvalue weighted by Crippen LogP contribution is 2.42. The van der Waals surface area contributed by atoms with Gasteiger partial charge in [-0.05, 0) is 74.3 Å². The number of likely N-dealkylation sites (tertiary alicyclic amines) is 1. The lowest BCUT2D eigenvalue weighted by Crippen LogP contribution is -2.30. The minimum atomic E-state index is -0.788. The predicted molar refractivity (Wildman–Crippen MR) is 158 cm³/mol. The number of anilines is 2. The number of pyridine rings is 1. The normalized spacial score (nSPS) is 20.4. The van der Waals surface area contributed by atoms with Crippen molar-refractivity contribution in [3.63, 3.8) is 0 Å². The second-order valence-corrected chi connectivity index (χ2v) is 11.5. The molecule has 2 fully saturated rings. The lowest BCUT2D eigenvalue weighted by molar-refractivity contribution is 0.191. The number of rotatable bonds is 7. The van der Waals surface area contributed by atoms with E-state index in [-0.39, 0.29) is 12.1 Å². The van der Waals surface area contributed by atoms with Crippen LogP contribution in [0.25, 0.3) is 22.4 Å². The third-order valence-corrected chi connectivity index (χ3v) is 8.68. The number of aromatic nitrogens is 3. The molecule has 2 atom stereocenters. The van der Waals surface area contributed by atoms with Crippen molar-refractivity contribution in [3.8, 4) is 11.4 Å². The number of imidazole rings is 1. The smallest absolute Gasteiger partial charge is 0.261 e. The summed E-state index contributed by atoms with van der Waals surface area (Å²) in [5.74, 6) is 0.499. The molecule has 0 radical (unpaired) electrons. The number of hydrogen-bond acceptors (Lipinski definition) is 6. The van der Waals surface area contributed by atoms with E-state index in [0.29, 0.717) is 33.1 Å². The number of aliphatic hydroxyl groups excluding tert-OH is 1. The lowest BCUT2D eigenvalue weighted by atomic mass is 9.86. The summed E-state index contributed by atoms with van der Waals surface area (Å²) in [6.45, 7) is 10.2. The number of H-pyrrole nitrogens is 2. The number of nitrogens with zero attached hydrogens (tertiary/aromatic N) is 3. The van der Waals surface area contributed by atoms with Crippen LogP contribution in [0.15, 0.2) is 53.5 Å². The first-order valence-corrected chi connectivity index (χ1v) is 14.1. The van der Waals surface area contributed by atoms with Gasteiger partial charge in [-0.15, -0.1) is 0 Å². The highest BCUT2D eigenvalue weighted by atomic mass is 35.5. The molecule has 2 saturated heterocycles. The average Bonchev–Trinajstić information content (AvgIpc) is 3.66. The molecular formula is C30H35ClN6O2. The number of aromatic amines is 2. The molecule has 2 aliphatic rings. The summed E-state index contributed by atoms with van der Waals surface area (Å²) in [7, 11) is 0. The topological polar surface area (TPSA) is 100 Å². The fraction of sp³-hybridized carbons (Fsp3) is 0.400. The monoisotopic (exact) mass is 546 g/mol. The van der Waals surface area contributed by atoms with Crippen molar-refractivity contribution < 1.29 is 5.11 Å². The molecule has 204 valence electrons. The first kappa shape index (κ1) is 25.9. The number of hydrogen-bond donors (Lipinski definition) is 4. The zero-order valence-electron chi connectivity index (χ0n) is 22.4.